The molecule has 296 valence electrons. The summed E-state index contributed by atoms with van der Waals surface area (Å²) >= 11 is 1.84. The predicted molar refractivity (Wildman–Crippen MR) is 259 cm³/mol. The Morgan fingerprint density at radius 1 is 0.532 bits per heavy atom. The second kappa shape index (κ2) is 12.8. The van der Waals surface area contributed by atoms with E-state index in [1.54, 1.807) is 5.57 Å². The lowest BCUT2D eigenvalue weighted by Crippen LogP contribution is -2.26. The van der Waals surface area contributed by atoms with Crippen LogP contribution in [-0.4, -0.2) is 9.97 Å². The number of para-hydroxylation sites is 1. The van der Waals surface area contributed by atoms with Crippen LogP contribution in [0, 0.1) is 5.92 Å². The highest BCUT2D eigenvalue weighted by Crippen LogP contribution is 2.61. The summed E-state index contributed by atoms with van der Waals surface area (Å²) in [6, 6.07) is 57.1. The van der Waals surface area contributed by atoms with Crippen LogP contribution in [0.3, 0.4) is 0 Å². The summed E-state index contributed by atoms with van der Waals surface area (Å²) in [6.07, 6.45) is 3.67. The normalized spacial score (nSPS) is 17.1. The maximum atomic E-state index is 6.32. The van der Waals surface area contributed by atoms with Crippen LogP contribution in [0.25, 0.3) is 98.3 Å². The van der Waals surface area contributed by atoms with Gasteiger partial charge in [-0.05, 0) is 110 Å². The van der Waals surface area contributed by atoms with Crippen LogP contribution >= 0.6 is 11.3 Å². The summed E-state index contributed by atoms with van der Waals surface area (Å²) in [7, 11) is 0. The Balaban J connectivity index is 0.920. The molecular weight excluding hydrogens is 773 g/mol. The monoisotopic (exact) mass is 814 g/mol. The molecule has 0 N–H and O–H groups in total. The van der Waals surface area contributed by atoms with Gasteiger partial charge >= 0.3 is 0 Å². The molecule has 4 heteroatoms. The van der Waals surface area contributed by atoms with E-state index in [4.69, 9.17) is 14.4 Å². The highest BCUT2D eigenvalue weighted by molar-refractivity contribution is 7.26. The molecule has 0 radical (unpaired) electrons. The van der Waals surface area contributed by atoms with E-state index < -0.39 is 0 Å². The van der Waals surface area contributed by atoms with Crippen molar-refractivity contribution in [1.82, 2.24) is 9.97 Å². The van der Waals surface area contributed by atoms with Gasteiger partial charge in [0.2, 0.25) is 0 Å². The van der Waals surface area contributed by atoms with E-state index in [0.29, 0.717) is 11.7 Å². The van der Waals surface area contributed by atoms with E-state index in [1.165, 1.54) is 64.7 Å². The van der Waals surface area contributed by atoms with E-state index in [1.807, 2.05) is 41.7 Å². The fourth-order valence-corrected chi connectivity index (χ4v) is 12.4. The van der Waals surface area contributed by atoms with Gasteiger partial charge in [0, 0.05) is 53.1 Å². The first-order chi connectivity index (χ1) is 30.2. The molecule has 0 aliphatic heterocycles. The van der Waals surface area contributed by atoms with Gasteiger partial charge in [-0.1, -0.05) is 149 Å². The van der Waals surface area contributed by atoms with Crippen molar-refractivity contribution in [2.24, 2.45) is 5.92 Å². The van der Waals surface area contributed by atoms with Gasteiger partial charge in [-0.3, -0.25) is 0 Å². The lowest BCUT2D eigenvalue weighted by Gasteiger charge is -2.33. The standard InChI is InChI=1S/C58H42N2OS/c1-57(2)46-19-10-8-15-37(46)43-30-49-44(31-48(43)57)42-27-34(22-25-47(42)58(49,3)4)35-23-26-54-45(28-35)40-17-12-18-41(55(40)62-54)51-32-50(59-56(60-51)33-13-6-5-7-14-33)36-21-24-39-38-16-9-11-20-52(38)61-53(39)29-36/h5-29,31-32,49H,30H2,1-4H3. The summed E-state index contributed by atoms with van der Waals surface area (Å²) in [5.74, 6) is 1.15. The third-order valence-corrected chi connectivity index (χ3v) is 15.7. The molecule has 3 aromatic heterocycles. The number of hydrogen-bond donors (Lipinski definition) is 0. The lowest BCUT2D eigenvalue weighted by atomic mass is 9.70. The molecule has 0 saturated heterocycles. The molecule has 0 saturated carbocycles. The zero-order valence-electron chi connectivity index (χ0n) is 35.1. The SMILES string of the molecule is CC1(C)C2=C(CC3C(=C2)c2cc(-c4ccc5sc6c(-c7cc(-c8ccc9c(c8)oc8ccccc89)nc(-c8ccccc8)n7)cccc6c5c4)ccc2C3(C)C)c2ccccc21. The van der Waals surface area contributed by atoms with Gasteiger partial charge in [0.1, 0.15) is 11.2 Å². The van der Waals surface area contributed by atoms with Gasteiger partial charge in [-0.25, -0.2) is 9.97 Å². The largest absolute Gasteiger partial charge is 0.456 e. The number of thiophene rings is 1. The smallest absolute Gasteiger partial charge is 0.160 e. The highest BCUT2D eigenvalue weighted by atomic mass is 32.1. The Hall–Kier alpha value is -6.88. The quantitative estimate of drug-likeness (QED) is 0.178. The van der Waals surface area contributed by atoms with Gasteiger partial charge in [-0.2, -0.15) is 0 Å². The molecule has 0 amide bonds. The molecule has 1 atom stereocenters. The average molecular weight is 815 g/mol. The Bertz CT molecular complexity index is 3620. The van der Waals surface area contributed by atoms with Crippen molar-refractivity contribution in [1.29, 1.82) is 0 Å². The molecule has 3 aliphatic carbocycles. The molecule has 13 rings (SSSR count). The Morgan fingerprint density at radius 2 is 1.26 bits per heavy atom. The number of aromatic nitrogens is 2. The lowest BCUT2D eigenvalue weighted by molar-refractivity contribution is 0.417. The van der Waals surface area contributed by atoms with Crippen molar-refractivity contribution in [3.05, 3.63) is 192 Å². The first kappa shape index (κ1) is 35.8. The fourth-order valence-electron chi connectivity index (χ4n) is 11.2. The highest BCUT2D eigenvalue weighted by Gasteiger charge is 2.48. The van der Waals surface area contributed by atoms with Gasteiger partial charge < -0.3 is 4.42 Å². The summed E-state index contributed by atoms with van der Waals surface area (Å²) in [6.45, 7) is 9.73. The molecule has 0 fully saturated rings. The van der Waals surface area contributed by atoms with Gasteiger partial charge in [0.05, 0.1) is 11.4 Å². The van der Waals surface area contributed by atoms with Crippen LogP contribution < -0.4 is 0 Å². The van der Waals surface area contributed by atoms with Gasteiger partial charge in [0.15, 0.2) is 5.82 Å². The Morgan fingerprint density at radius 3 is 2.16 bits per heavy atom. The second-order valence-corrected chi connectivity index (χ2v) is 19.6. The number of furan rings is 1. The third-order valence-electron chi connectivity index (χ3n) is 14.4. The Labute approximate surface area is 364 Å². The number of fused-ring (bicyclic) bond motifs is 11. The third kappa shape index (κ3) is 5.11. The number of rotatable bonds is 4. The molecule has 3 aliphatic rings. The molecule has 1 unspecified atom stereocenters. The number of allylic oxidation sites excluding steroid dienone is 4. The maximum absolute atomic E-state index is 6.32. The second-order valence-electron chi connectivity index (χ2n) is 18.5. The van der Waals surface area contributed by atoms with Crippen molar-refractivity contribution in [2.45, 2.75) is 44.9 Å². The average Bonchev–Trinajstić information content (AvgIpc) is 4.00. The molecule has 0 bridgehead atoms. The number of nitrogens with zero attached hydrogens (tertiary/aromatic N) is 2. The molecule has 0 spiro atoms. The summed E-state index contributed by atoms with van der Waals surface area (Å²) in [4.78, 5) is 10.4. The van der Waals surface area contributed by atoms with Crippen LogP contribution in [0.1, 0.15) is 56.4 Å². The van der Waals surface area contributed by atoms with Gasteiger partial charge in [0.25, 0.3) is 0 Å². The molecule has 3 heterocycles. The minimum Gasteiger partial charge on any atom is -0.456 e. The van der Waals surface area contributed by atoms with Crippen LogP contribution in [-0.2, 0) is 10.8 Å². The van der Waals surface area contributed by atoms with E-state index in [-0.39, 0.29) is 10.8 Å². The Kier molecular flexibility index (Phi) is 7.41. The first-order valence-electron chi connectivity index (χ1n) is 21.7. The van der Waals surface area contributed by atoms with Crippen molar-refractivity contribution in [3.63, 3.8) is 0 Å². The molecule has 3 nitrogen and oxygen atoms in total. The molecular formula is C58H42N2OS. The van der Waals surface area contributed by atoms with Crippen LogP contribution in [0.15, 0.2) is 174 Å². The number of benzene rings is 7. The fraction of sp³-hybridized carbons (Fsp3) is 0.138. The van der Waals surface area contributed by atoms with Crippen LogP contribution in [0.2, 0.25) is 0 Å². The van der Waals surface area contributed by atoms with E-state index in [0.717, 1.165) is 56.4 Å². The minimum atomic E-state index is -0.00147. The maximum Gasteiger partial charge on any atom is 0.160 e. The van der Waals surface area contributed by atoms with Crippen molar-refractivity contribution in [3.8, 4) is 45.0 Å². The van der Waals surface area contributed by atoms with Gasteiger partial charge in [-0.15, -0.1) is 11.3 Å². The summed E-state index contributed by atoms with van der Waals surface area (Å²) in [5.41, 5.74) is 19.5. The van der Waals surface area contributed by atoms with Crippen molar-refractivity contribution in [2.75, 3.05) is 0 Å². The molecule has 7 aromatic carbocycles. The molecule has 62 heavy (non-hydrogen) atoms. The zero-order chi connectivity index (χ0) is 41.5. The van der Waals surface area contributed by atoms with Crippen molar-refractivity contribution >= 4 is 64.6 Å². The topological polar surface area (TPSA) is 38.9 Å². The predicted octanol–water partition coefficient (Wildman–Crippen LogP) is 15.9. The van der Waals surface area contributed by atoms with Crippen LogP contribution in [0.5, 0.6) is 0 Å². The van der Waals surface area contributed by atoms with E-state index in [9.17, 15) is 0 Å². The summed E-state index contributed by atoms with van der Waals surface area (Å²) < 4.78 is 8.81. The number of hydrogen-bond acceptors (Lipinski definition) is 4. The van der Waals surface area contributed by atoms with Crippen molar-refractivity contribution < 1.29 is 4.42 Å². The van der Waals surface area contributed by atoms with E-state index >= 15 is 0 Å². The zero-order valence-corrected chi connectivity index (χ0v) is 35.9. The van der Waals surface area contributed by atoms with E-state index in [2.05, 4.69) is 161 Å². The minimum absolute atomic E-state index is 0.00147. The summed E-state index contributed by atoms with van der Waals surface area (Å²) in [5, 5.41) is 4.74. The van der Waals surface area contributed by atoms with Crippen LogP contribution in [0.4, 0.5) is 0 Å². The molecule has 10 aromatic rings. The first-order valence-corrected chi connectivity index (χ1v) is 22.5.